The summed E-state index contributed by atoms with van der Waals surface area (Å²) in [4.78, 5) is 13.7. The van der Waals surface area contributed by atoms with Crippen LogP contribution in [0.4, 0.5) is 5.69 Å². The highest BCUT2D eigenvalue weighted by molar-refractivity contribution is 7.90. The molecule has 0 fully saturated rings. The number of nitrogens with zero attached hydrogens (tertiary/aromatic N) is 2. The summed E-state index contributed by atoms with van der Waals surface area (Å²) in [6, 6.07) is 8.20. The van der Waals surface area contributed by atoms with Crippen molar-refractivity contribution in [1.82, 2.24) is 4.98 Å². The van der Waals surface area contributed by atoms with Gasteiger partial charge in [-0.1, -0.05) is 17.7 Å². The molecule has 0 amide bonds. The lowest BCUT2D eigenvalue weighted by Gasteiger charge is -2.06. The Balaban J connectivity index is 2.37. The molecule has 0 spiro atoms. The van der Waals surface area contributed by atoms with Gasteiger partial charge in [-0.05, 0) is 18.2 Å². The largest absolute Gasteiger partial charge is 0.271 e. The molecule has 8 heteroatoms. The van der Waals surface area contributed by atoms with E-state index in [2.05, 4.69) is 4.98 Å². The predicted molar refractivity (Wildman–Crippen MR) is 73.2 cm³/mol. The van der Waals surface area contributed by atoms with Crippen molar-refractivity contribution < 1.29 is 13.3 Å². The third kappa shape index (κ3) is 3.12. The normalized spacial score (nSPS) is 11.2. The number of nitro groups is 1. The van der Waals surface area contributed by atoms with E-state index in [-0.39, 0.29) is 21.4 Å². The third-order valence-electron chi connectivity index (χ3n) is 2.53. The van der Waals surface area contributed by atoms with Crippen LogP contribution in [0, 0.1) is 10.1 Å². The van der Waals surface area contributed by atoms with E-state index in [4.69, 9.17) is 11.6 Å². The fourth-order valence-corrected chi connectivity index (χ4v) is 3.49. The first-order valence-corrected chi connectivity index (χ1v) is 7.50. The highest BCUT2D eigenvalue weighted by Gasteiger charge is 2.21. The van der Waals surface area contributed by atoms with Crippen LogP contribution in [0.5, 0.6) is 0 Å². The fourth-order valence-electron chi connectivity index (χ4n) is 1.61. The molecular weight excluding hydrogens is 304 g/mol. The molecular formula is C12H9ClN2O4S. The van der Waals surface area contributed by atoms with Crippen molar-refractivity contribution in [2.75, 3.05) is 0 Å². The predicted octanol–water partition coefficient (Wildman–Crippen LogP) is 2.62. The summed E-state index contributed by atoms with van der Waals surface area (Å²) in [7, 11) is -3.70. The van der Waals surface area contributed by atoms with Crippen molar-refractivity contribution >= 4 is 27.1 Å². The standard InChI is InChI=1S/C12H9ClN2O4S/c13-11-7-10(15(16)17)4-5-12(11)20(18,19)8-9-3-1-2-6-14-9/h1-7H,8H2. The van der Waals surface area contributed by atoms with Crippen LogP contribution in [0.2, 0.25) is 5.02 Å². The lowest BCUT2D eigenvalue weighted by Crippen LogP contribution is -2.07. The maximum atomic E-state index is 12.2. The van der Waals surface area contributed by atoms with E-state index < -0.39 is 14.8 Å². The summed E-state index contributed by atoms with van der Waals surface area (Å²) in [5.41, 5.74) is 0.119. The van der Waals surface area contributed by atoms with Crippen LogP contribution in [0.15, 0.2) is 47.5 Å². The van der Waals surface area contributed by atoms with Crippen LogP contribution in [0.25, 0.3) is 0 Å². The van der Waals surface area contributed by atoms with E-state index in [1.54, 1.807) is 18.2 Å². The minimum absolute atomic E-state index is 0.143. The van der Waals surface area contributed by atoms with Gasteiger partial charge in [0.15, 0.2) is 9.84 Å². The van der Waals surface area contributed by atoms with Crippen molar-refractivity contribution in [2.24, 2.45) is 0 Å². The molecule has 2 rings (SSSR count). The van der Waals surface area contributed by atoms with Crippen molar-refractivity contribution in [3.8, 4) is 0 Å². The quantitative estimate of drug-likeness (QED) is 0.639. The maximum Gasteiger partial charge on any atom is 0.271 e. The van der Waals surface area contributed by atoms with Gasteiger partial charge in [-0.2, -0.15) is 0 Å². The van der Waals surface area contributed by atoms with Crippen molar-refractivity contribution in [3.63, 3.8) is 0 Å². The lowest BCUT2D eigenvalue weighted by atomic mass is 10.3. The molecule has 0 saturated heterocycles. The summed E-state index contributed by atoms with van der Waals surface area (Å²) in [5.74, 6) is -0.314. The fraction of sp³-hybridized carbons (Fsp3) is 0.0833. The second-order valence-corrected chi connectivity index (χ2v) is 6.32. The topological polar surface area (TPSA) is 90.2 Å². The van der Waals surface area contributed by atoms with Crippen LogP contribution >= 0.6 is 11.6 Å². The molecule has 1 aromatic carbocycles. The first-order chi connectivity index (χ1) is 9.40. The Morgan fingerprint density at radius 3 is 2.55 bits per heavy atom. The Bertz CT molecular complexity index is 747. The average molecular weight is 313 g/mol. The number of rotatable bonds is 4. The van der Waals surface area contributed by atoms with Crippen molar-refractivity contribution in [2.45, 2.75) is 10.6 Å². The zero-order valence-electron chi connectivity index (χ0n) is 10.1. The molecule has 1 heterocycles. The van der Waals surface area contributed by atoms with Gasteiger partial charge in [0.05, 0.1) is 26.3 Å². The zero-order chi connectivity index (χ0) is 14.8. The first kappa shape index (κ1) is 14.4. The summed E-state index contributed by atoms with van der Waals surface area (Å²) in [5, 5.41) is 10.4. The van der Waals surface area contributed by atoms with E-state index in [1.165, 1.54) is 6.20 Å². The van der Waals surface area contributed by atoms with Gasteiger partial charge >= 0.3 is 0 Å². The van der Waals surface area contributed by atoms with Gasteiger partial charge in [-0.15, -0.1) is 0 Å². The Kier molecular flexibility index (Phi) is 4.01. The third-order valence-corrected chi connectivity index (χ3v) is 4.65. The van der Waals surface area contributed by atoms with Gasteiger partial charge in [-0.25, -0.2) is 8.42 Å². The minimum atomic E-state index is -3.70. The number of pyridine rings is 1. The van der Waals surface area contributed by atoms with Crippen molar-refractivity contribution in [1.29, 1.82) is 0 Å². The van der Waals surface area contributed by atoms with Gasteiger partial charge < -0.3 is 0 Å². The van der Waals surface area contributed by atoms with E-state index in [9.17, 15) is 18.5 Å². The summed E-state index contributed by atoms with van der Waals surface area (Å²) in [6.07, 6.45) is 1.49. The summed E-state index contributed by atoms with van der Waals surface area (Å²) in [6.45, 7) is 0. The summed E-state index contributed by atoms with van der Waals surface area (Å²) < 4.78 is 24.4. The number of halogens is 1. The molecule has 0 aliphatic heterocycles. The zero-order valence-corrected chi connectivity index (χ0v) is 11.6. The van der Waals surface area contributed by atoms with Crippen molar-refractivity contribution in [3.05, 3.63) is 63.4 Å². The number of non-ortho nitro benzene ring substituents is 1. The van der Waals surface area contributed by atoms with E-state index in [1.807, 2.05) is 0 Å². The van der Waals surface area contributed by atoms with E-state index in [0.29, 0.717) is 5.69 Å². The van der Waals surface area contributed by atoms with Crippen LogP contribution in [-0.4, -0.2) is 18.3 Å². The molecule has 0 aliphatic rings. The molecule has 0 atom stereocenters. The van der Waals surface area contributed by atoms with Gasteiger partial charge in [0.2, 0.25) is 0 Å². The van der Waals surface area contributed by atoms with Crippen LogP contribution < -0.4 is 0 Å². The summed E-state index contributed by atoms with van der Waals surface area (Å²) >= 11 is 5.82. The van der Waals surface area contributed by atoms with Gasteiger partial charge in [0, 0.05) is 18.3 Å². The van der Waals surface area contributed by atoms with Crippen LogP contribution in [0.3, 0.4) is 0 Å². The molecule has 0 aliphatic carbocycles. The Morgan fingerprint density at radius 2 is 2.00 bits per heavy atom. The number of hydrogen-bond acceptors (Lipinski definition) is 5. The van der Waals surface area contributed by atoms with Crippen LogP contribution in [0.1, 0.15) is 5.69 Å². The highest BCUT2D eigenvalue weighted by Crippen LogP contribution is 2.28. The molecule has 104 valence electrons. The number of aromatic nitrogens is 1. The Labute approximate surface area is 120 Å². The number of sulfone groups is 1. The molecule has 0 saturated carbocycles. The Morgan fingerprint density at radius 1 is 1.25 bits per heavy atom. The first-order valence-electron chi connectivity index (χ1n) is 5.47. The van der Waals surface area contributed by atoms with Gasteiger partial charge in [0.1, 0.15) is 0 Å². The molecule has 0 radical (unpaired) electrons. The Hall–Kier alpha value is -1.99. The molecule has 20 heavy (non-hydrogen) atoms. The smallest absolute Gasteiger partial charge is 0.260 e. The molecule has 2 aromatic rings. The highest BCUT2D eigenvalue weighted by atomic mass is 35.5. The van der Waals surface area contributed by atoms with Crippen LogP contribution in [-0.2, 0) is 15.6 Å². The van der Waals surface area contributed by atoms with E-state index in [0.717, 1.165) is 18.2 Å². The monoisotopic (exact) mass is 312 g/mol. The van der Waals surface area contributed by atoms with E-state index >= 15 is 0 Å². The average Bonchev–Trinajstić information content (AvgIpc) is 2.38. The molecule has 0 unspecified atom stereocenters. The number of nitro benzene ring substituents is 1. The van der Waals surface area contributed by atoms with Gasteiger partial charge in [-0.3, -0.25) is 15.1 Å². The van der Waals surface area contributed by atoms with Gasteiger partial charge in [0.25, 0.3) is 5.69 Å². The number of benzene rings is 1. The second-order valence-electron chi connectivity index (χ2n) is 3.95. The molecule has 1 aromatic heterocycles. The molecule has 0 bridgehead atoms. The maximum absolute atomic E-state index is 12.2. The lowest BCUT2D eigenvalue weighted by molar-refractivity contribution is -0.384. The molecule has 0 N–H and O–H groups in total. The minimum Gasteiger partial charge on any atom is -0.260 e. The number of hydrogen-bond donors (Lipinski definition) is 0. The SMILES string of the molecule is O=[N+]([O-])c1ccc(S(=O)(=O)Cc2ccccn2)c(Cl)c1. The second kappa shape index (κ2) is 5.56. The molecule has 6 nitrogen and oxygen atoms in total.